The summed E-state index contributed by atoms with van der Waals surface area (Å²) in [4.78, 5) is 4.77. The SMILES string of the molecule is Clc1cccc(-c2csc(-c3ccc4ccc(Br)cc4c3)n2)c1. The number of nitrogens with zero attached hydrogens (tertiary/aromatic N) is 1. The third-order valence-electron chi connectivity index (χ3n) is 3.67. The number of thiazole rings is 1. The lowest BCUT2D eigenvalue weighted by molar-refractivity contribution is 1.40. The Bertz CT molecular complexity index is 1010. The van der Waals surface area contributed by atoms with Crippen LogP contribution in [0.3, 0.4) is 0 Å². The van der Waals surface area contributed by atoms with Gasteiger partial charge in [-0.05, 0) is 41.1 Å². The molecule has 0 bridgehead atoms. The number of halogens is 2. The van der Waals surface area contributed by atoms with Gasteiger partial charge in [0.2, 0.25) is 0 Å². The Hall–Kier alpha value is -1.68. The molecular formula is C19H11BrClNS. The zero-order valence-electron chi connectivity index (χ0n) is 12.0. The van der Waals surface area contributed by atoms with Gasteiger partial charge in [-0.1, -0.05) is 57.9 Å². The fourth-order valence-corrected chi connectivity index (χ4v) is 3.93. The van der Waals surface area contributed by atoms with E-state index in [0.717, 1.165) is 31.3 Å². The normalized spacial score (nSPS) is 11.0. The maximum atomic E-state index is 6.07. The van der Waals surface area contributed by atoms with Gasteiger partial charge in [-0.25, -0.2) is 4.98 Å². The molecule has 23 heavy (non-hydrogen) atoms. The Morgan fingerprint density at radius 2 is 1.74 bits per heavy atom. The quantitative estimate of drug-likeness (QED) is 0.351. The Kier molecular flexibility index (Phi) is 3.93. The van der Waals surface area contributed by atoms with Gasteiger partial charge in [0.1, 0.15) is 5.01 Å². The molecule has 3 aromatic carbocycles. The highest BCUT2D eigenvalue weighted by atomic mass is 79.9. The lowest BCUT2D eigenvalue weighted by Crippen LogP contribution is -1.81. The van der Waals surface area contributed by atoms with Crippen molar-refractivity contribution in [3.63, 3.8) is 0 Å². The zero-order chi connectivity index (χ0) is 15.8. The van der Waals surface area contributed by atoms with Crippen LogP contribution >= 0.6 is 38.9 Å². The summed E-state index contributed by atoms with van der Waals surface area (Å²) >= 11 is 11.2. The van der Waals surface area contributed by atoms with E-state index in [1.807, 2.05) is 24.3 Å². The average Bonchev–Trinajstić information content (AvgIpc) is 3.04. The maximum absolute atomic E-state index is 6.07. The topological polar surface area (TPSA) is 12.9 Å². The van der Waals surface area contributed by atoms with Crippen molar-refractivity contribution in [2.75, 3.05) is 0 Å². The second-order valence-electron chi connectivity index (χ2n) is 5.25. The number of hydrogen-bond acceptors (Lipinski definition) is 2. The molecule has 0 saturated heterocycles. The van der Waals surface area contributed by atoms with Crippen molar-refractivity contribution in [3.05, 3.63) is 75.5 Å². The van der Waals surface area contributed by atoms with Crippen molar-refractivity contribution in [1.82, 2.24) is 4.98 Å². The molecule has 0 amide bonds. The van der Waals surface area contributed by atoms with Crippen LogP contribution in [0, 0.1) is 0 Å². The Morgan fingerprint density at radius 1 is 0.870 bits per heavy atom. The Balaban J connectivity index is 1.76. The zero-order valence-corrected chi connectivity index (χ0v) is 15.1. The number of aromatic nitrogens is 1. The van der Waals surface area contributed by atoms with Crippen LogP contribution in [0.1, 0.15) is 0 Å². The first-order valence-electron chi connectivity index (χ1n) is 7.10. The van der Waals surface area contributed by atoms with E-state index in [2.05, 4.69) is 57.7 Å². The van der Waals surface area contributed by atoms with E-state index in [-0.39, 0.29) is 0 Å². The van der Waals surface area contributed by atoms with Crippen LogP contribution in [-0.2, 0) is 0 Å². The number of rotatable bonds is 2. The first-order valence-corrected chi connectivity index (χ1v) is 9.15. The minimum Gasteiger partial charge on any atom is -0.236 e. The molecular weight excluding hydrogens is 390 g/mol. The van der Waals surface area contributed by atoms with Crippen molar-refractivity contribution in [3.8, 4) is 21.8 Å². The highest BCUT2D eigenvalue weighted by molar-refractivity contribution is 9.10. The smallest absolute Gasteiger partial charge is 0.124 e. The molecule has 0 N–H and O–H groups in total. The van der Waals surface area contributed by atoms with Gasteiger partial charge in [0.15, 0.2) is 0 Å². The molecule has 4 rings (SSSR count). The monoisotopic (exact) mass is 399 g/mol. The Morgan fingerprint density at radius 3 is 2.61 bits per heavy atom. The summed E-state index contributed by atoms with van der Waals surface area (Å²) < 4.78 is 1.08. The molecule has 4 heteroatoms. The molecule has 0 aliphatic heterocycles. The van der Waals surface area contributed by atoms with Gasteiger partial charge in [0.05, 0.1) is 5.69 Å². The van der Waals surface area contributed by atoms with E-state index < -0.39 is 0 Å². The van der Waals surface area contributed by atoms with Gasteiger partial charge in [-0.2, -0.15) is 0 Å². The van der Waals surface area contributed by atoms with Gasteiger partial charge in [-0.15, -0.1) is 11.3 Å². The van der Waals surface area contributed by atoms with Crippen LogP contribution < -0.4 is 0 Å². The van der Waals surface area contributed by atoms with Crippen LogP contribution in [0.25, 0.3) is 32.6 Å². The minimum absolute atomic E-state index is 0.729. The standard InChI is InChI=1S/C19H11BrClNS/c20-16-7-6-12-4-5-14(8-15(12)9-16)19-22-18(11-23-19)13-2-1-3-17(21)10-13/h1-11H. The van der Waals surface area contributed by atoms with Crippen LogP contribution in [0.4, 0.5) is 0 Å². The fraction of sp³-hybridized carbons (Fsp3) is 0. The molecule has 0 saturated carbocycles. The van der Waals surface area contributed by atoms with Gasteiger partial charge in [-0.3, -0.25) is 0 Å². The third-order valence-corrected chi connectivity index (χ3v) is 5.29. The van der Waals surface area contributed by atoms with Gasteiger partial charge >= 0.3 is 0 Å². The molecule has 0 unspecified atom stereocenters. The van der Waals surface area contributed by atoms with Crippen LogP contribution in [0.2, 0.25) is 5.02 Å². The first kappa shape index (κ1) is 14.9. The molecule has 1 aromatic heterocycles. The number of benzene rings is 3. The molecule has 0 aliphatic carbocycles. The summed E-state index contributed by atoms with van der Waals surface area (Å²) in [5, 5.41) is 6.25. The average molecular weight is 401 g/mol. The maximum Gasteiger partial charge on any atom is 0.124 e. The van der Waals surface area contributed by atoms with Crippen molar-refractivity contribution in [2.45, 2.75) is 0 Å². The summed E-state index contributed by atoms with van der Waals surface area (Å²) in [6, 6.07) is 20.5. The molecule has 1 nitrogen and oxygen atoms in total. The van der Waals surface area contributed by atoms with Gasteiger partial charge < -0.3 is 0 Å². The largest absolute Gasteiger partial charge is 0.236 e. The molecule has 112 valence electrons. The van der Waals surface area contributed by atoms with Crippen LogP contribution in [-0.4, -0.2) is 4.98 Å². The second kappa shape index (κ2) is 6.08. The third kappa shape index (κ3) is 3.05. The summed E-state index contributed by atoms with van der Waals surface area (Å²) in [5.74, 6) is 0. The first-order chi connectivity index (χ1) is 11.2. The highest BCUT2D eigenvalue weighted by Gasteiger charge is 2.08. The Labute approximate surface area is 151 Å². The van der Waals surface area contributed by atoms with Crippen molar-refractivity contribution in [2.24, 2.45) is 0 Å². The number of hydrogen-bond donors (Lipinski definition) is 0. The lowest BCUT2D eigenvalue weighted by atomic mass is 10.1. The number of fused-ring (bicyclic) bond motifs is 1. The predicted octanol–water partition coefficient (Wildman–Crippen LogP) is 7.05. The second-order valence-corrected chi connectivity index (χ2v) is 7.46. The van der Waals surface area contributed by atoms with E-state index in [1.54, 1.807) is 11.3 Å². The molecule has 0 aliphatic rings. The van der Waals surface area contributed by atoms with Crippen molar-refractivity contribution < 1.29 is 0 Å². The van der Waals surface area contributed by atoms with Crippen molar-refractivity contribution >= 4 is 49.6 Å². The molecule has 0 spiro atoms. The molecule has 0 fully saturated rings. The molecule has 0 atom stereocenters. The highest BCUT2D eigenvalue weighted by Crippen LogP contribution is 2.32. The van der Waals surface area contributed by atoms with Crippen molar-refractivity contribution in [1.29, 1.82) is 0 Å². The molecule has 1 heterocycles. The van der Waals surface area contributed by atoms with E-state index in [4.69, 9.17) is 16.6 Å². The van der Waals surface area contributed by atoms with E-state index >= 15 is 0 Å². The summed E-state index contributed by atoms with van der Waals surface area (Å²) in [5.41, 5.74) is 3.14. The van der Waals surface area contributed by atoms with E-state index in [0.29, 0.717) is 0 Å². The summed E-state index contributed by atoms with van der Waals surface area (Å²) in [6.45, 7) is 0. The van der Waals surface area contributed by atoms with Crippen LogP contribution in [0.5, 0.6) is 0 Å². The molecule has 0 radical (unpaired) electrons. The summed E-state index contributed by atoms with van der Waals surface area (Å²) in [6.07, 6.45) is 0. The van der Waals surface area contributed by atoms with E-state index in [9.17, 15) is 0 Å². The minimum atomic E-state index is 0.729. The lowest BCUT2D eigenvalue weighted by Gasteiger charge is -2.02. The van der Waals surface area contributed by atoms with Crippen LogP contribution in [0.15, 0.2) is 70.5 Å². The predicted molar refractivity (Wildman–Crippen MR) is 103 cm³/mol. The summed E-state index contributed by atoms with van der Waals surface area (Å²) in [7, 11) is 0. The van der Waals surface area contributed by atoms with E-state index in [1.165, 1.54) is 10.8 Å². The van der Waals surface area contributed by atoms with Gasteiger partial charge in [0, 0.05) is 26.0 Å². The molecule has 4 aromatic rings. The fourth-order valence-electron chi connectivity index (χ4n) is 2.54. The van der Waals surface area contributed by atoms with Gasteiger partial charge in [0.25, 0.3) is 0 Å².